The molecule has 0 saturated carbocycles. The Bertz CT molecular complexity index is 1460. The minimum absolute atomic E-state index is 0.220. The summed E-state index contributed by atoms with van der Waals surface area (Å²) in [4.78, 5) is 52.6. The van der Waals surface area contributed by atoms with E-state index in [0.717, 1.165) is 4.57 Å². The van der Waals surface area contributed by atoms with Crippen molar-refractivity contribution in [1.29, 1.82) is 0 Å². The number of hydrogen-bond acceptors (Lipinski definition) is 10. The van der Waals surface area contributed by atoms with Crippen molar-refractivity contribution < 1.29 is 38.3 Å². The number of carbonyl (C=O) groups excluding carboxylic acids is 3. The Labute approximate surface area is 234 Å². The van der Waals surface area contributed by atoms with Crippen molar-refractivity contribution in [3.8, 4) is 0 Å². The van der Waals surface area contributed by atoms with Gasteiger partial charge in [-0.05, 0) is 41.3 Å². The minimum Gasteiger partial charge on any atom is -0.459 e. The summed E-state index contributed by atoms with van der Waals surface area (Å²) in [6.45, 7) is -1.31. The SMILES string of the molecule is O=C(OC[C@H](OC(=O)c1ccccc1)[C@@H](COC(=O)c1ccccc1)OCn1ccnc1[N+](=O)[O-])c1ccccc1. The van der Waals surface area contributed by atoms with E-state index in [0.29, 0.717) is 0 Å². The van der Waals surface area contributed by atoms with Gasteiger partial charge in [-0.1, -0.05) is 59.6 Å². The van der Waals surface area contributed by atoms with Crippen molar-refractivity contribution in [2.45, 2.75) is 18.9 Å². The maximum Gasteiger partial charge on any atom is 0.436 e. The van der Waals surface area contributed by atoms with Gasteiger partial charge in [-0.2, -0.15) is 0 Å². The lowest BCUT2D eigenvalue weighted by atomic mass is 10.2. The Hall–Kier alpha value is -5.36. The van der Waals surface area contributed by atoms with Crippen LogP contribution in [0.25, 0.3) is 0 Å². The molecule has 0 unspecified atom stereocenters. The molecular formula is C29H25N3O9. The summed E-state index contributed by atoms with van der Waals surface area (Å²) in [5, 5.41) is 11.3. The van der Waals surface area contributed by atoms with Crippen LogP contribution >= 0.6 is 0 Å². The highest BCUT2D eigenvalue weighted by Crippen LogP contribution is 2.16. The van der Waals surface area contributed by atoms with Crippen LogP contribution in [0.5, 0.6) is 0 Å². The van der Waals surface area contributed by atoms with Gasteiger partial charge in [-0.25, -0.2) is 19.0 Å². The molecule has 0 aliphatic carbocycles. The highest BCUT2D eigenvalue weighted by atomic mass is 16.6. The van der Waals surface area contributed by atoms with Gasteiger partial charge >= 0.3 is 23.9 Å². The van der Waals surface area contributed by atoms with Crippen molar-refractivity contribution in [3.63, 3.8) is 0 Å². The summed E-state index contributed by atoms with van der Waals surface area (Å²) < 4.78 is 23.5. The number of carbonyl (C=O) groups is 3. The predicted octanol–water partition coefficient (Wildman–Crippen LogP) is 4.07. The van der Waals surface area contributed by atoms with Crippen molar-refractivity contribution in [3.05, 3.63) is 130 Å². The van der Waals surface area contributed by atoms with Gasteiger partial charge in [-0.15, -0.1) is 0 Å². The summed E-state index contributed by atoms with van der Waals surface area (Å²) in [5.41, 5.74) is 0.754. The molecule has 0 aliphatic rings. The van der Waals surface area contributed by atoms with Crippen LogP contribution in [0.2, 0.25) is 0 Å². The lowest BCUT2D eigenvalue weighted by Gasteiger charge is -2.26. The van der Waals surface area contributed by atoms with Gasteiger partial charge in [-0.3, -0.25) is 0 Å². The topological polar surface area (TPSA) is 149 Å². The molecule has 0 saturated heterocycles. The second-order valence-electron chi connectivity index (χ2n) is 8.53. The number of benzene rings is 3. The molecule has 0 spiro atoms. The third-order valence-corrected chi connectivity index (χ3v) is 5.74. The smallest absolute Gasteiger partial charge is 0.436 e. The normalized spacial score (nSPS) is 12.1. The molecule has 0 fully saturated rings. The fourth-order valence-electron chi connectivity index (χ4n) is 3.64. The molecule has 2 atom stereocenters. The fraction of sp³-hybridized carbons (Fsp3) is 0.172. The summed E-state index contributed by atoms with van der Waals surface area (Å²) in [7, 11) is 0. The monoisotopic (exact) mass is 559 g/mol. The first-order chi connectivity index (χ1) is 19.9. The molecule has 4 aromatic rings. The van der Waals surface area contributed by atoms with Gasteiger partial charge < -0.3 is 29.1 Å². The fourth-order valence-corrected chi connectivity index (χ4v) is 3.64. The first kappa shape index (κ1) is 28.6. The molecule has 3 aromatic carbocycles. The molecule has 41 heavy (non-hydrogen) atoms. The summed E-state index contributed by atoms with van der Waals surface area (Å²) >= 11 is 0. The van der Waals surface area contributed by atoms with Crippen molar-refractivity contribution in [1.82, 2.24) is 9.55 Å². The molecule has 4 rings (SSSR count). The summed E-state index contributed by atoms with van der Waals surface area (Å²) in [6.07, 6.45) is 0.0638. The number of imidazole rings is 1. The van der Waals surface area contributed by atoms with Gasteiger partial charge in [0.05, 0.1) is 16.7 Å². The highest BCUT2D eigenvalue weighted by molar-refractivity contribution is 5.90. The zero-order valence-electron chi connectivity index (χ0n) is 21.6. The molecule has 210 valence electrons. The first-order valence-electron chi connectivity index (χ1n) is 12.4. The van der Waals surface area contributed by atoms with Crippen LogP contribution in [0, 0.1) is 10.1 Å². The van der Waals surface area contributed by atoms with E-state index >= 15 is 0 Å². The quantitative estimate of drug-likeness (QED) is 0.102. The first-order valence-corrected chi connectivity index (χ1v) is 12.4. The lowest BCUT2D eigenvalue weighted by Crippen LogP contribution is -2.41. The third-order valence-electron chi connectivity index (χ3n) is 5.74. The number of nitro groups is 1. The molecule has 12 heteroatoms. The van der Waals surface area contributed by atoms with Gasteiger partial charge in [0.1, 0.15) is 31.7 Å². The maximum atomic E-state index is 13.0. The Kier molecular flexibility index (Phi) is 9.88. The van der Waals surface area contributed by atoms with Crippen LogP contribution in [-0.2, 0) is 25.7 Å². The van der Waals surface area contributed by atoms with E-state index in [-0.39, 0.29) is 16.7 Å². The number of esters is 3. The Morgan fingerprint density at radius 1 is 0.732 bits per heavy atom. The summed E-state index contributed by atoms with van der Waals surface area (Å²) in [6, 6.07) is 24.4. The standard InChI is InChI=1S/C29H25N3O9/c33-26(21-10-4-1-5-11-21)38-18-24(40-20-31-17-16-30-29(31)32(36)37)25(41-28(35)23-14-8-3-9-15-23)19-39-27(34)22-12-6-2-7-13-22/h1-17,24-25H,18-20H2/t24-,25+/m1/s1. The average molecular weight is 560 g/mol. The summed E-state index contributed by atoms with van der Waals surface area (Å²) in [5.74, 6) is -2.60. The minimum atomic E-state index is -1.28. The second-order valence-corrected chi connectivity index (χ2v) is 8.53. The van der Waals surface area contributed by atoms with Gasteiger partial charge in [0.25, 0.3) is 0 Å². The molecule has 0 N–H and O–H groups in total. The largest absolute Gasteiger partial charge is 0.459 e. The number of rotatable bonds is 13. The van der Waals surface area contributed by atoms with Crippen LogP contribution < -0.4 is 0 Å². The molecule has 0 aliphatic heterocycles. The lowest BCUT2D eigenvalue weighted by molar-refractivity contribution is -0.397. The average Bonchev–Trinajstić information content (AvgIpc) is 3.49. The zero-order valence-corrected chi connectivity index (χ0v) is 21.6. The van der Waals surface area contributed by atoms with Crippen LogP contribution in [0.3, 0.4) is 0 Å². The van der Waals surface area contributed by atoms with Gasteiger partial charge in [0.2, 0.25) is 0 Å². The number of hydrogen-bond donors (Lipinski definition) is 0. The van der Waals surface area contributed by atoms with Crippen molar-refractivity contribution >= 4 is 23.9 Å². The zero-order chi connectivity index (χ0) is 29.0. The predicted molar refractivity (Wildman–Crippen MR) is 143 cm³/mol. The van der Waals surface area contributed by atoms with E-state index in [4.69, 9.17) is 18.9 Å². The van der Waals surface area contributed by atoms with E-state index in [2.05, 4.69) is 4.98 Å². The molecule has 1 aromatic heterocycles. The van der Waals surface area contributed by atoms with Crippen LogP contribution in [0.1, 0.15) is 31.1 Å². The van der Waals surface area contributed by atoms with E-state index in [9.17, 15) is 24.5 Å². The van der Waals surface area contributed by atoms with Crippen LogP contribution in [0.4, 0.5) is 5.95 Å². The number of ether oxygens (including phenoxy) is 4. The molecule has 12 nitrogen and oxygen atoms in total. The number of nitrogens with zero attached hydrogens (tertiary/aromatic N) is 3. The highest BCUT2D eigenvalue weighted by Gasteiger charge is 2.31. The molecular weight excluding hydrogens is 534 g/mol. The molecule has 0 amide bonds. The van der Waals surface area contributed by atoms with E-state index in [1.807, 2.05) is 0 Å². The van der Waals surface area contributed by atoms with E-state index in [1.165, 1.54) is 24.5 Å². The van der Waals surface area contributed by atoms with Gasteiger partial charge in [0, 0.05) is 0 Å². The Morgan fingerprint density at radius 2 is 1.20 bits per heavy atom. The van der Waals surface area contributed by atoms with Crippen LogP contribution in [0.15, 0.2) is 103 Å². The number of aromatic nitrogens is 2. The van der Waals surface area contributed by atoms with Crippen molar-refractivity contribution in [2.75, 3.05) is 13.2 Å². The van der Waals surface area contributed by atoms with Crippen molar-refractivity contribution in [2.24, 2.45) is 0 Å². The molecule has 0 bridgehead atoms. The van der Waals surface area contributed by atoms with Crippen LogP contribution in [-0.4, -0.2) is 57.8 Å². The van der Waals surface area contributed by atoms with Gasteiger partial charge in [0.15, 0.2) is 12.8 Å². The Balaban J connectivity index is 1.57. The van der Waals surface area contributed by atoms with E-state index < -0.39 is 60.9 Å². The third kappa shape index (κ3) is 8.07. The van der Waals surface area contributed by atoms with E-state index in [1.54, 1.807) is 78.9 Å². The second kappa shape index (κ2) is 14.1. The molecule has 0 radical (unpaired) electrons. The Morgan fingerprint density at radius 3 is 1.68 bits per heavy atom. The molecule has 1 heterocycles. The maximum absolute atomic E-state index is 13.0.